The van der Waals surface area contributed by atoms with E-state index < -0.39 is 0 Å². The van der Waals surface area contributed by atoms with E-state index in [4.69, 9.17) is 4.74 Å². The van der Waals surface area contributed by atoms with Crippen molar-refractivity contribution in [2.75, 3.05) is 25.0 Å². The van der Waals surface area contributed by atoms with Crippen molar-refractivity contribution in [3.05, 3.63) is 29.3 Å². The first kappa shape index (κ1) is 18.3. The number of hydrogen-bond donors (Lipinski definition) is 1. The summed E-state index contributed by atoms with van der Waals surface area (Å²) in [6.45, 7) is 7.53. The van der Waals surface area contributed by atoms with Crippen LogP contribution in [0.15, 0.2) is 18.2 Å². The maximum atomic E-state index is 12.7. The number of likely N-dealkylation sites (tertiary alicyclic amines) is 1. The number of amides is 2. The Bertz CT molecular complexity index is 556. The predicted octanol–water partition coefficient (Wildman–Crippen LogP) is 3.62. The maximum absolute atomic E-state index is 12.7. The Morgan fingerprint density at radius 2 is 1.71 bits per heavy atom. The van der Waals surface area contributed by atoms with Crippen LogP contribution in [0.5, 0.6) is 0 Å². The summed E-state index contributed by atoms with van der Waals surface area (Å²) in [6, 6.07) is 6.18. The van der Waals surface area contributed by atoms with Gasteiger partial charge in [0.25, 0.3) is 0 Å². The van der Waals surface area contributed by atoms with Crippen LogP contribution in [0.3, 0.4) is 0 Å². The Kier molecular flexibility index (Phi) is 6.64. The SMILES string of the molecule is CCOC(=O)N1CCC(C(=O)Nc2c(CC)cccc2CC)CC1. The maximum Gasteiger partial charge on any atom is 0.409 e. The largest absolute Gasteiger partial charge is 0.450 e. The van der Waals surface area contributed by atoms with Crippen molar-refractivity contribution < 1.29 is 14.3 Å². The molecule has 2 rings (SSSR count). The van der Waals surface area contributed by atoms with E-state index in [2.05, 4.69) is 31.3 Å². The van der Waals surface area contributed by atoms with Gasteiger partial charge in [-0.05, 0) is 43.7 Å². The number of nitrogens with one attached hydrogen (secondary N) is 1. The normalized spacial score (nSPS) is 15.2. The molecule has 0 radical (unpaired) electrons. The zero-order valence-electron chi connectivity index (χ0n) is 14.9. The van der Waals surface area contributed by atoms with Gasteiger partial charge in [0.2, 0.25) is 5.91 Å². The standard InChI is InChI=1S/C19H28N2O3/c1-4-14-8-7-9-15(5-2)17(14)20-18(22)16-10-12-21(13-11-16)19(23)24-6-3/h7-9,16H,4-6,10-13H2,1-3H3,(H,20,22). The molecule has 0 saturated carbocycles. The Morgan fingerprint density at radius 3 is 2.21 bits per heavy atom. The van der Waals surface area contributed by atoms with Crippen molar-refractivity contribution in [1.29, 1.82) is 0 Å². The van der Waals surface area contributed by atoms with Crippen LogP contribution in [0.2, 0.25) is 0 Å². The summed E-state index contributed by atoms with van der Waals surface area (Å²) in [5.74, 6) is 0.0133. The predicted molar refractivity (Wildman–Crippen MR) is 95.1 cm³/mol. The highest BCUT2D eigenvalue weighted by Gasteiger charge is 2.28. The van der Waals surface area contributed by atoms with E-state index in [9.17, 15) is 9.59 Å². The summed E-state index contributed by atoms with van der Waals surface area (Å²) in [5.41, 5.74) is 3.32. The molecule has 0 atom stereocenters. The van der Waals surface area contributed by atoms with Crippen molar-refractivity contribution in [2.45, 2.75) is 46.5 Å². The molecule has 2 amide bonds. The first-order chi connectivity index (χ1) is 11.6. The lowest BCUT2D eigenvalue weighted by molar-refractivity contribution is -0.121. The first-order valence-electron chi connectivity index (χ1n) is 8.93. The highest BCUT2D eigenvalue weighted by molar-refractivity contribution is 5.94. The van der Waals surface area contributed by atoms with Crippen molar-refractivity contribution >= 4 is 17.7 Å². The Hall–Kier alpha value is -2.04. The molecule has 1 aromatic rings. The summed E-state index contributed by atoms with van der Waals surface area (Å²) in [6.07, 6.45) is 2.87. The number of ether oxygens (including phenoxy) is 1. The third kappa shape index (κ3) is 4.28. The van der Waals surface area contributed by atoms with Crippen molar-refractivity contribution in [1.82, 2.24) is 4.90 Å². The van der Waals surface area contributed by atoms with Gasteiger partial charge in [0, 0.05) is 24.7 Å². The Labute approximate surface area is 144 Å². The minimum atomic E-state index is -0.277. The molecule has 1 aliphatic heterocycles. The average Bonchev–Trinajstić information content (AvgIpc) is 2.62. The molecule has 1 heterocycles. The van der Waals surface area contributed by atoms with Gasteiger partial charge in [-0.25, -0.2) is 4.79 Å². The van der Waals surface area contributed by atoms with E-state index in [1.165, 1.54) is 11.1 Å². The topological polar surface area (TPSA) is 58.6 Å². The van der Waals surface area contributed by atoms with E-state index in [0.717, 1.165) is 18.5 Å². The van der Waals surface area contributed by atoms with Gasteiger partial charge in [0.1, 0.15) is 0 Å². The lowest BCUT2D eigenvalue weighted by Crippen LogP contribution is -2.41. The highest BCUT2D eigenvalue weighted by atomic mass is 16.6. The van der Waals surface area contributed by atoms with Gasteiger partial charge in [0.15, 0.2) is 0 Å². The Balaban J connectivity index is 1.98. The molecular formula is C19H28N2O3. The number of anilines is 1. The second-order valence-corrected chi connectivity index (χ2v) is 6.11. The molecule has 0 bridgehead atoms. The smallest absolute Gasteiger partial charge is 0.409 e. The summed E-state index contributed by atoms with van der Waals surface area (Å²) < 4.78 is 5.02. The van der Waals surface area contributed by atoms with Gasteiger partial charge in [-0.2, -0.15) is 0 Å². The fourth-order valence-corrected chi connectivity index (χ4v) is 3.17. The van der Waals surface area contributed by atoms with Crippen molar-refractivity contribution in [3.8, 4) is 0 Å². The molecule has 1 N–H and O–H groups in total. The molecule has 1 saturated heterocycles. The van der Waals surface area contributed by atoms with Crippen LogP contribution in [-0.2, 0) is 22.4 Å². The highest BCUT2D eigenvalue weighted by Crippen LogP contribution is 2.25. The van der Waals surface area contributed by atoms with Crippen LogP contribution in [0, 0.1) is 5.92 Å². The zero-order valence-corrected chi connectivity index (χ0v) is 14.9. The van der Waals surface area contributed by atoms with Crippen molar-refractivity contribution in [2.24, 2.45) is 5.92 Å². The van der Waals surface area contributed by atoms with Crippen LogP contribution in [0.25, 0.3) is 0 Å². The third-order valence-corrected chi connectivity index (χ3v) is 4.64. The third-order valence-electron chi connectivity index (χ3n) is 4.64. The lowest BCUT2D eigenvalue weighted by atomic mass is 9.95. The summed E-state index contributed by atoms with van der Waals surface area (Å²) in [4.78, 5) is 26.1. The number of benzene rings is 1. The quantitative estimate of drug-likeness (QED) is 0.896. The average molecular weight is 332 g/mol. The van der Waals surface area contributed by atoms with E-state index in [1.807, 2.05) is 6.07 Å². The van der Waals surface area contributed by atoms with E-state index in [0.29, 0.717) is 32.5 Å². The molecule has 1 aromatic carbocycles. The van der Waals surface area contributed by atoms with E-state index >= 15 is 0 Å². The van der Waals surface area contributed by atoms with Gasteiger partial charge >= 0.3 is 6.09 Å². The lowest BCUT2D eigenvalue weighted by Gasteiger charge is -2.30. The molecule has 1 aliphatic rings. The van der Waals surface area contributed by atoms with Crippen LogP contribution in [0.1, 0.15) is 44.7 Å². The molecular weight excluding hydrogens is 304 g/mol. The molecule has 132 valence electrons. The number of aryl methyl sites for hydroxylation is 2. The fourth-order valence-electron chi connectivity index (χ4n) is 3.17. The van der Waals surface area contributed by atoms with Crippen LogP contribution < -0.4 is 5.32 Å². The van der Waals surface area contributed by atoms with Gasteiger partial charge in [-0.3, -0.25) is 4.79 Å². The molecule has 0 aliphatic carbocycles. The molecule has 1 fully saturated rings. The van der Waals surface area contributed by atoms with Crippen LogP contribution in [0.4, 0.5) is 10.5 Å². The fraction of sp³-hybridized carbons (Fsp3) is 0.579. The van der Waals surface area contributed by atoms with E-state index in [1.54, 1.807) is 11.8 Å². The monoisotopic (exact) mass is 332 g/mol. The number of rotatable bonds is 5. The van der Waals surface area contributed by atoms with Crippen molar-refractivity contribution in [3.63, 3.8) is 0 Å². The van der Waals surface area contributed by atoms with E-state index in [-0.39, 0.29) is 17.9 Å². The number of hydrogen-bond acceptors (Lipinski definition) is 3. The second kappa shape index (κ2) is 8.71. The molecule has 24 heavy (non-hydrogen) atoms. The second-order valence-electron chi connectivity index (χ2n) is 6.11. The first-order valence-corrected chi connectivity index (χ1v) is 8.93. The molecule has 0 aromatic heterocycles. The van der Waals surface area contributed by atoms with Gasteiger partial charge in [-0.15, -0.1) is 0 Å². The zero-order chi connectivity index (χ0) is 17.5. The number of para-hydroxylation sites is 1. The number of carbonyl (C=O) groups excluding carboxylic acids is 2. The number of nitrogens with zero attached hydrogens (tertiary/aromatic N) is 1. The summed E-state index contributed by atoms with van der Waals surface area (Å²) in [5, 5.41) is 3.15. The van der Waals surface area contributed by atoms with Gasteiger partial charge in [0.05, 0.1) is 6.61 Å². The minimum Gasteiger partial charge on any atom is -0.450 e. The molecule has 0 unspecified atom stereocenters. The van der Waals surface area contributed by atoms with Gasteiger partial charge < -0.3 is 15.0 Å². The number of carbonyl (C=O) groups is 2. The Morgan fingerprint density at radius 1 is 1.12 bits per heavy atom. The summed E-state index contributed by atoms with van der Waals surface area (Å²) in [7, 11) is 0. The molecule has 0 spiro atoms. The minimum absolute atomic E-state index is 0.0507. The van der Waals surface area contributed by atoms with Crippen LogP contribution >= 0.6 is 0 Å². The summed E-state index contributed by atoms with van der Waals surface area (Å²) >= 11 is 0. The number of piperidine rings is 1. The van der Waals surface area contributed by atoms with Crippen LogP contribution in [-0.4, -0.2) is 36.6 Å². The molecule has 5 heteroatoms. The molecule has 5 nitrogen and oxygen atoms in total. The van der Waals surface area contributed by atoms with Gasteiger partial charge in [-0.1, -0.05) is 32.0 Å².